The Morgan fingerprint density at radius 1 is 1.04 bits per heavy atom. The van der Waals surface area contributed by atoms with E-state index in [0.717, 1.165) is 0 Å². The predicted molar refractivity (Wildman–Crippen MR) is 106 cm³/mol. The number of aliphatic hydroxyl groups is 1. The first kappa shape index (κ1) is 20.5. The van der Waals surface area contributed by atoms with Gasteiger partial charge >= 0.3 is 5.97 Å². The van der Waals surface area contributed by atoms with Crippen LogP contribution >= 0.6 is 12.2 Å². The SMILES string of the molecule is COC(=O)C(NC(=S)Nc1ccccc1OC)C(O)c1ccc(OC)cc1. The molecule has 2 unspecified atom stereocenters. The lowest BCUT2D eigenvalue weighted by atomic mass is 10.0. The van der Waals surface area contributed by atoms with Crippen LogP contribution in [0, 0.1) is 0 Å². The van der Waals surface area contributed by atoms with Gasteiger partial charge in [0.1, 0.15) is 17.6 Å². The summed E-state index contributed by atoms with van der Waals surface area (Å²) in [4.78, 5) is 12.2. The zero-order chi connectivity index (χ0) is 19.8. The number of nitrogens with one attached hydrogen (secondary N) is 2. The van der Waals surface area contributed by atoms with Crippen LogP contribution in [0.2, 0.25) is 0 Å². The zero-order valence-electron chi connectivity index (χ0n) is 15.3. The van der Waals surface area contributed by atoms with Gasteiger partial charge in [0.15, 0.2) is 11.2 Å². The smallest absolute Gasteiger partial charge is 0.331 e. The van der Waals surface area contributed by atoms with E-state index in [4.69, 9.17) is 26.4 Å². The van der Waals surface area contributed by atoms with Crippen LogP contribution < -0.4 is 20.1 Å². The van der Waals surface area contributed by atoms with Gasteiger partial charge in [-0.1, -0.05) is 24.3 Å². The summed E-state index contributed by atoms with van der Waals surface area (Å²) in [5.74, 6) is 0.580. The molecule has 144 valence electrons. The highest BCUT2D eigenvalue weighted by atomic mass is 32.1. The molecule has 2 rings (SSSR count). The molecule has 0 spiro atoms. The Morgan fingerprint density at radius 3 is 2.30 bits per heavy atom. The Hall–Kier alpha value is -2.84. The van der Waals surface area contributed by atoms with E-state index in [0.29, 0.717) is 22.7 Å². The van der Waals surface area contributed by atoms with E-state index in [2.05, 4.69) is 10.6 Å². The predicted octanol–water partition coefficient (Wildman–Crippen LogP) is 2.27. The molecule has 0 heterocycles. The second-order valence-corrected chi connectivity index (χ2v) is 5.93. The maximum Gasteiger partial charge on any atom is 0.331 e. The molecule has 0 aliphatic rings. The highest BCUT2D eigenvalue weighted by molar-refractivity contribution is 7.80. The Kier molecular flexibility index (Phi) is 7.39. The normalized spacial score (nSPS) is 12.4. The summed E-state index contributed by atoms with van der Waals surface area (Å²) in [5, 5.41) is 16.5. The summed E-state index contributed by atoms with van der Waals surface area (Å²) in [5.41, 5.74) is 1.14. The maximum atomic E-state index is 12.2. The van der Waals surface area contributed by atoms with Crippen molar-refractivity contribution in [2.45, 2.75) is 12.1 Å². The number of carbonyl (C=O) groups excluding carboxylic acids is 1. The van der Waals surface area contributed by atoms with Crippen molar-refractivity contribution in [3.8, 4) is 11.5 Å². The largest absolute Gasteiger partial charge is 0.497 e. The van der Waals surface area contributed by atoms with Crippen LogP contribution in [0.1, 0.15) is 11.7 Å². The van der Waals surface area contributed by atoms with Gasteiger partial charge in [-0.3, -0.25) is 0 Å². The van der Waals surface area contributed by atoms with Crippen LogP contribution in [0.3, 0.4) is 0 Å². The van der Waals surface area contributed by atoms with Crippen molar-refractivity contribution >= 4 is 29.0 Å². The Bertz CT molecular complexity index is 782. The minimum Gasteiger partial charge on any atom is -0.497 e. The molecule has 3 N–H and O–H groups in total. The van der Waals surface area contributed by atoms with Crippen LogP contribution in [-0.2, 0) is 9.53 Å². The highest BCUT2D eigenvalue weighted by Gasteiger charge is 2.30. The molecule has 2 aromatic carbocycles. The van der Waals surface area contributed by atoms with Gasteiger partial charge in [-0.25, -0.2) is 4.79 Å². The van der Waals surface area contributed by atoms with Gasteiger partial charge in [-0.05, 0) is 42.0 Å². The number of thiocarbonyl (C=S) groups is 1. The fraction of sp³-hybridized carbons (Fsp3) is 0.263. The topological polar surface area (TPSA) is 89.1 Å². The molecule has 2 atom stereocenters. The quantitative estimate of drug-likeness (QED) is 0.490. The fourth-order valence-corrected chi connectivity index (χ4v) is 2.67. The third-order valence-corrected chi connectivity index (χ3v) is 4.09. The van der Waals surface area contributed by atoms with Crippen LogP contribution in [0.25, 0.3) is 0 Å². The number of anilines is 1. The average Bonchev–Trinajstić information content (AvgIpc) is 2.71. The second kappa shape index (κ2) is 9.75. The van der Waals surface area contributed by atoms with Crippen molar-refractivity contribution in [3.05, 3.63) is 54.1 Å². The van der Waals surface area contributed by atoms with Gasteiger partial charge in [0.25, 0.3) is 0 Å². The maximum absolute atomic E-state index is 12.2. The van der Waals surface area contributed by atoms with Crippen LogP contribution in [0.15, 0.2) is 48.5 Å². The van der Waals surface area contributed by atoms with E-state index in [1.165, 1.54) is 7.11 Å². The molecule has 0 saturated heterocycles. The molecular formula is C19H22N2O5S. The Balaban J connectivity index is 2.15. The van der Waals surface area contributed by atoms with Crippen LogP contribution in [-0.4, -0.2) is 43.6 Å². The van der Waals surface area contributed by atoms with E-state index >= 15 is 0 Å². The van der Waals surface area contributed by atoms with E-state index in [1.54, 1.807) is 50.6 Å². The number of rotatable bonds is 7. The van der Waals surface area contributed by atoms with E-state index < -0.39 is 18.1 Å². The number of benzene rings is 2. The number of hydrogen-bond acceptors (Lipinski definition) is 6. The fourth-order valence-electron chi connectivity index (χ4n) is 2.43. The van der Waals surface area contributed by atoms with Gasteiger partial charge in [-0.15, -0.1) is 0 Å². The van der Waals surface area contributed by atoms with Crippen molar-refractivity contribution < 1.29 is 24.1 Å². The molecule has 0 aliphatic heterocycles. The third-order valence-electron chi connectivity index (χ3n) is 3.87. The van der Waals surface area contributed by atoms with Crippen LogP contribution in [0.4, 0.5) is 5.69 Å². The molecule has 0 radical (unpaired) electrons. The van der Waals surface area contributed by atoms with Gasteiger partial charge in [-0.2, -0.15) is 0 Å². The standard InChI is InChI=1S/C19H22N2O5S/c1-24-13-10-8-12(9-11-13)17(22)16(18(23)26-3)21-19(27)20-14-6-4-5-7-15(14)25-2/h4-11,16-17,22H,1-3H3,(H2,20,21,27). The van der Waals surface area contributed by atoms with Gasteiger partial charge in [0, 0.05) is 0 Å². The summed E-state index contributed by atoms with van der Waals surface area (Å²) in [7, 11) is 4.34. The van der Waals surface area contributed by atoms with Gasteiger partial charge in [0.2, 0.25) is 0 Å². The van der Waals surface area contributed by atoms with Crippen molar-refractivity contribution in [2.24, 2.45) is 0 Å². The van der Waals surface area contributed by atoms with Gasteiger partial charge < -0.3 is 30.0 Å². The summed E-state index contributed by atoms with van der Waals surface area (Å²) >= 11 is 5.28. The number of ether oxygens (including phenoxy) is 3. The van der Waals surface area contributed by atoms with Crippen molar-refractivity contribution in [2.75, 3.05) is 26.6 Å². The summed E-state index contributed by atoms with van der Waals surface area (Å²) in [6, 6.07) is 12.8. The summed E-state index contributed by atoms with van der Waals surface area (Å²) in [6.45, 7) is 0. The molecule has 0 fully saturated rings. The number of aliphatic hydroxyl groups excluding tert-OH is 1. The second-order valence-electron chi connectivity index (χ2n) is 5.52. The summed E-state index contributed by atoms with van der Waals surface area (Å²) in [6.07, 6.45) is -1.18. The molecule has 8 heteroatoms. The van der Waals surface area contributed by atoms with Crippen molar-refractivity contribution in [1.29, 1.82) is 0 Å². The first-order valence-electron chi connectivity index (χ1n) is 8.10. The number of carbonyl (C=O) groups is 1. The lowest BCUT2D eigenvalue weighted by Gasteiger charge is -2.24. The molecule has 0 aliphatic carbocycles. The first-order chi connectivity index (χ1) is 13.0. The number of esters is 1. The third kappa shape index (κ3) is 5.32. The Labute approximate surface area is 163 Å². The van der Waals surface area contributed by atoms with E-state index in [1.807, 2.05) is 12.1 Å². The van der Waals surface area contributed by atoms with Gasteiger partial charge in [0.05, 0.1) is 27.0 Å². The number of hydrogen-bond donors (Lipinski definition) is 3. The van der Waals surface area contributed by atoms with Crippen molar-refractivity contribution in [1.82, 2.24) is 5.32 Å². The van der Waals surface area contributed by atoms with E-state index in [9.17, 15) is 9.90 Å². The van der Waals surface area contributed by atoms with Crippen molar-refractivity contribution in [3.63, 3.8) is 0 Å². The molecule has 2 aromatic rings. The first-order valence-corrected chi connectivity index (χ1v) is 8.51. The molecular weight excluding hydrogens is 368 g/mol. The minimum absolute atomic E-state index is 0.141. The number of methoxy groups -OCH3 is 3. The lowest BCUT2D eigenvalue weighted by molar-refractivity contribution is -0.145. The Morgan fingerprint density at radius 2 is 1.70 bits per heavy atom. The van der Waals surface area contributed by atoms with Crippen LogP contribution in [0.5, 0.6) is 11.5 Å². The molecule has 0 amide bonds. The molecule has 27 heavy (non-hydrogen) atoms. The zero-order valence-corrected chi connectivity index (χ0v) is 16.1. The monoisotopic (exact) mass is 390 g/mol. The average molecular weight is 390 g/mol. The molecule has 0 saturated carbocycles. The highest BCUT2D eigenvalue weighted by Crippen LogP contribution is 2.24. The van der Waals surface area contributed by atoms with E-state index in [-0.39, 0.29) is 5.11 Å². The number of para-hydroxylation sites is 2. The lowest BCUT2D eigenvalue weighted by Crippen LogP contribution is -2.47. The minimum atomic E-state index is -1.18. The molecule has 0 aromatic heterocycles. The molecule has 7 nitrogen and oxygen atoms in total. The molecule has 0 bridgehead atoms. The summed E-state index contributed by atoms with van der Waals surface area (Å²) < 4.78 is 15.2.